The van der Waals surface area contributed by atoms with Crippen molar-refractivity contribution in [2.45, 2.75) is 57.3 Å². The van der Waals surface area contributed by atoms with Crippen LogP contribution in [0.15, 0.2) is 36.4 Å². The van der Waals surface area contributed by atoms with Gasteiger partial charge >= 0.3 is 0 Å². The Labute approximate surface area is 197 Å². The zero-order chi connectivity index (χ0) is 22.4. The predicted octanol–water partition coefficient (Wildman–Crippen LogP) is 4.91. The van der Waals surface area contributed by atoms with Gasteiger partial charge in [-0.05, 0) is 49.4 Å². The number of rotatable bonds is 6. The number of methoxy groups -OCH3 is 1. The van der Waals surface area contributed by atoms with Crippen molar-refractivity contribution >= 4 is 29.1 Å². The summed E-state index contributed by atoms with van der Waals surface area (Å²) in [5.74, 6) is 2.58. The largest absolute Gasteiger partial charge is 0.481 e. The molecule has 1 aliphatic heterocycles. The Morgan fingerprint density at radius 3 is 2.66 bits per heavy atom. The van der Waals surface area contributed by atoms with Gasteiger partial charge in [-0.15, -0.1) is 0 Å². The quantitative estimate of drug-likeness (QED) is 0.603. The van der Waals surface area contributed by atoms with Gasteiger partial charge in [-0.25, -0.2) is 0 Å². The van der Waals surface area contributed by atoms with Gasteiger partial charge in [0.15, 0.2) is 5.11 Å². The Morgan fingerprint density at radius 1 is 1.16 bits per heavy atom. The molecule has 1 saturated heterocycles. The third-order valence-corrected chi connectivity index (χ3v) is 7.14. The molecule has 2 N–H and O–H groups in total. The van der Waals surface area contributed by atoms with Crippen LogP contribution >= 0.6 is 12.2 Å². The molecule has 2 aliphatic rings. The highest BCUT2D eigenvalue weighted by atomic mass is 32.1. The zero-order valence-electron chi connectivity index (χ0n) is 19.3. The maximum atomic E-state index is 5.65. The topological polar surface area (TPSA) is 62.3 Å². The van der Waals surface area contributed by atoms with Gasteiger partial charge in [-0.1, -0.05) is 56.5 Å². The van der Waals surface area contributed by atoms with E-state index in [1.54, 1.807) is 7.11 Å². The van der Waals surface area contributed by atoms with Gasteiger partial charge in [0.2, 0.25) is 11.8 Å². The lowest BCUT2D eigenvalue weighted by molar-refractivity contribution is 0.292. The first-order chi connectivity index (χ1) is 15.6. The van der Waals surface area contributed by atoms with Crippen molar-refractivity contribution in [1.82, 2.24) is 15.3 Å². The molecule has 1 saturated carbocycles. The normalized spacial score (nSPS) is 20.4. The van der Waals surface area contributed by atoms with E-state index in [0.29, 0.717) is 22.9 Å². The van der Waals surface area contributed by atoms with Gasteiger partial charge in [0.05, 0.1) is 7.11 Å². The fourth-order valence-corrected chi connectivity index (χ4v) is 5.28. The molecule has 7 heteroatoms. The summed E-state index contributed by atoms with van der Waals surface area (Å²) in [6, 6.07) is 12.8. The minimum atomic E-state index is 0.121. The second kappa shape index (κ2) is 10.5. The van der Waals surface area contributed by atoms with Gasteiger partial charge in [-0.3, -0.25) is 0 Å². The van der Waals surface area contributed by atoms with Crippen molar-refractivity contribution in [3.63, 3.8) is 0 Å². The van der Waals surface area contributed by atoms with Crippen molar-refractivity contribution in [2.24, 2.45) is 5.92 Å². The first-order valence-electron chi connectivity index (χ1n) is 11.9. The molecular formula is C25H35N5OS. The monoisotopic (exact) mass is 453 g/mol. The molecule has 172 valence electrons. The van der Waals surface area contributed by atoms with Gasteiger partial charge in [0.1, 0.15) is 5.82 Å². The van der Waals surface area contributed by atoms with E-state index in [9.17, 15) is 0 Å². The molecule has 0 radical (unpaired) electrons. The van der Waals surface area contributed by atoms with E-state index < -0.39 is 0 Å². The van der Waals surface area contributed by atoms with E-state index in [1.807, 2.05) is 6.07 Å². The lowest BCUT2D eigenvalue weighted by Gasteiger charge is -2.38. The zero-order valence-corrected chi connectivity index (χ0v) is 20.1. The molecule has 1 atom stereocenters. The van der Waals surface area contributed by atoms with Crippen LogP contribution < -0.4 is 20.3 Å². The summed E-state index contributed by atoms with van der Waals surface area (Å²) in [5, 5.41) is 7.23. The number of thiocarbonyl (C=S) groups is 1. The van der Waals surface area contributed by atoms with Crippen LogP contribution in [-0.2, 0) is 5.41 Å². The maximum absolute atomic E-state index is 5.65. The van der Waals surface area contributed by atoms with Crippen molar-refractivity contribution in [2.75, 3.05) is 37.0 Å². The second-order valence-corrected chi connectivity index (χ2v) is 9.71. The fourth-order valence-electron chi connectivity index (χ4n) is 5.12. The molecule has 0 bridgehead atoms. The van der Waals surface area contributed by atoms with Crippen LogP contribution in [-0.4, -0.2) is 41.8 Å². The fraction of sp³-hybridized carbons (Fsp3) is 0.560. The minimum Gasteiger partial charge on any atom is -0.481 e. The van der Waals surface area contributed by atoms with Crippen LogP contribution in [0, 0.1) is 5.92 Å². The number of piperidine rings is 1. The summed E-state index contributed by atoms with van der Waals surface area (Å²) < 4.78 is 5.44. The lowest BCUT2D eigenvalue weighted by Crippen LogP contribution is -2.43. The molecule has 1 aromatic heterocycles. The smallest absolute Gasteiger partial charge is 0.234 e. The molecule has 0 unspecified atom stereocenters. The molecule has 1 aliphatic carbocycles. The van der Waals surface area contributed by atoms with E-state index in [1.165, 1.54) is 50.5 Å². The number of nitrogens with zero attached hydrogens (tertiary/aromatic N) is 3. The standard InChI is InChI=1S/C25H35N5OS/c1-19-10-9-15-30(17-19)21-16-22(31-2)28-23(27-21)29-24(32)26-18-25(13-7-4-8-14-25)20-11-5-3-6-12-20/h3,5-6,11-12,16,19H,4,7-10,13-15,17-18H2,1-2H3,(H2,26,27,28,29,32)/t19-/m0/s1. The summed E-state index contributed by atoms with van der Waals surface area (Å²) >= 11 is 5.65. The summed E-state index contributed by atoms with van der Waals surface area (Å²) in [4.78, 5) is 11.5. The van der Waals surface area contributed by atoms with Crippen LogP contribution in [0.4, 0.5) is 11.8 Å². The average Bonchev–Trinajstić information content (AvgIpc) is 2.84. The van der Waals surface area contributed by atoms with Crippen molar-refractivity contribution in [3.05, 3.63) is 42.0 Å². The van der Waals surface area contributed by atoms with Crippen molar-refractivity contribution in [1.29, 1.82) is 0 Å². The van der Waals surface area contributed by atoms with Gasteiger partial charge in [0, 0.05) is 31.1 Å². The van der Waals surface area contributed by atoms with Crippen LogP contribution in [0.5, 0.6) is 5.88 Å². The van der Waals surface area contributed by atoms with Crippen LogP contribution in [0.1, 0.15) is 57.4 Å². The Morgan fingerprint density at radius 2 is 1.94 bits per heavy atom. The lowest BCUT2D eigenvalue weighted by atomic mass is 9.69. The van der Waals surface area contributed by atoms with Crippen molar-refractivity contribution in [3.8, 4) is 5.88 Å². The number of hydrogen-bond acceptors (Lipinski definition) is 5. The molecule has 32 heavy (non-hydrogen) atoms. The number of ether oxygens (including phenoxy) is 1. The number of nitrogens with one attached hydrogen (secondary N) is 2. The molecule has 2 aromatic rings. The highest BCUT2D eigenvalue weighted by Crippen LogP contribution is 2.39. The molecule has 0 amide bonds. The highest BCUT2D eigenvalue weighted by Gasteiger charge is 2.33. The highest BCUT2D eigenvalue weighted by molar-refractivity contribution is 7.80. The molecule has 2 heterocycles. The van der Waals surface area contributed by atoms with E-state index in [-0.39, 0.29) is 5.41 Å². The van der Waals surface area contributed by atoms with E-state index in [4.69, 9.17) is 21.9 Å². The first kappa shape index (κ1) is 22.8. The van der Waals surface area contributed by atoms with E-state index in [2.05, 4.69) is 57.8 Å². The number of benzene rings is 1. The number of hydrogen-bond donors (Lipinski definition) is 2. The molecule has 4 rings (SSSR count). The maximum Gasteiger partial charge on any atom is 0.234 e. The Kier molecular flexibility index (Phi) is 7.45. The Balaban J connectivity index is 1.44. The summed E-state index contributed by atoms with van der Waals surface area (Å²) in [5.41, 5.74) is 1.52. The minimum absolute atomic E-state index is 0.121. The summed E-state index contributed by atoms with van der Waals surface area (Å²) in [6.07, 6.45) is 8.63. The van der Waals surface area contributed by atoms with Gasteiger partial charge in [0.25, 0.3) is 0 Å². The number of aromatic nitrogens is 2. The van der Waals surface area contributed by atoms with E-state index in [0.717, 1.165) is 25.5 Å². The molecule has 6 nitrogen and oxygen atoms in total. The van der Waals surface area contributed by atoms with E-state index >= 15 is 0 Å². The van der Waals surface area contributed by atoms with Gasteiger partial charge in [-0.2, -0.15) is 9.97 Å². The SMILES string of the molecule is COc1cc(N2CCC[C@H](C)C2)nc(NC(=S)NCC2(c3ccccc3)CCCCC2)n1. The third-order valence-electron chi connectivity index (χ3n) is 6.89. The number of anilines is 2. The Hall–Kier alpha value is -2.41. The van der Waals surface area contributed by atoms with Crippen molar-refractivity contribution < 1.29 is 4.74 Å². The first-order valence-corrected chi connectivity index (χ1v) is 12.3. The van der Waals surface area contributed by atoms with Gasteiger partial charge < -0.3 is 20.3 Å². The van der Waals surface area contributed by atoms with Crippen LogP contribution in [0.25, 0.3) is 0 Å². The third kappa shape index (κ3) is 5.49. The molecule has 0 spiro atoms. The summed E-state index contributed by atoms with van der Waals surface area (Å²) in [7, 11) is 1.64. The Bertz CT molecular complexity index is 900. The summed E-state index contributed by atoms with van der Waals surface area (Å²) in [6.45, 7) is 5.11. The van der Waals surface area contributed by atoms with Crippen LogP contribution in [0.3, 0.4) is 0 Å². The molecular weight excluding hydrogens is 418 g/mol. The molecule has 2 fully saturated rings. The average molecular weight is 454 g/mol. The second-order valence-electron chi connectivity index (χ2n) is 9.30. The predicted molar refractivity (Wildman–Crippen MR) is 135 cm³/mol. The molecule has 1 aromatic carbocycles. The van der Waals surface area contributed by atoms with Crippen LogP contribution in [0.2, 0.25) is 0 Å².